The zero-order chi connectivity index (χ0) is 14.3. The van der Waals surface area contributed by atoms with Gasteiger partial charge in [0.1, 0.15) is 5.69 Å². The summed E-state index contributed by atoms with van der Waals surface area (Å²) in [5.74, 6) is -0.0712. The number of carbonyl (C=O) groups excluding carboxylic acids is 2. The fourth-order valence-electron chi connectivity index (χ4n) is 3.05. The topological polar surface area (TPSA) is 79.5 Å². The van der Waals surface area contributed by atoms with Crippen molar-refractivity contribution in [2.75, 3.05) is 25.9 Å². The van der Waals surface area contributed by atoms with Gasteiger partial charge in [0.25, 0.3) is 5.91 Å². The molecule has 0 radical (unpaired) electrons. The predicted octanol–water partition coefficient (Wildman–Crippen LogP) is 0.357. The smallest absolute Gasteiger partial charge is 0.272 e. The first kappa shape index (κ1) is 12.9. The maximum atomic E-state index is 12.5. The quantitative estimate of drug-likeness (QED) is 0.801. The zero-order valence-electron chi connectivity index (χ0n) is 11.5. The third-order valence-electron chi connectivity index (χ3n) is 4.26. The minimum atomic E-state index is -0.141. The molecule has 2 N–H and O–H groups in total. The number of hydrogen-bond donors (Lipinski definition) is 1. The van der Waals surface area contributed by atoms with Crippen molar-refractivity contribution in [1.82, 2.24) is 14.8 Å². The summed E-state index contributed by atoms with van der Waals surface area (Å²) in [6.07, 6.45) is 3.36. The van der Waals surface area contributed by atoms with Crippen LogP contribution in [0.4, 0.5) is 5.69 Å². The molecule has 6 heteroatoms. The molecule has 3 aliphatic rings. The standard InChI is InChI=1S/C14H18N4O2/c1-17-11-3-2-9(13(17)19)7-18(8-11)14(20)12-6-10(15)4-5-16-12/h4-6,9,11H,2-3,7-8H2,1H3,(H2,15,16)/t9-,11+/m1/s1. The van der Waals surface area contributed by atoms with E-state index in [9.17, 15) is 9.59 Å². The first-order valence-corrected chi connectivity index (χ1v) is 6.83. The van der Waals surface area contributed by atoms with Gasteiger partial charge in [-0.2, -0.15) is 0 Å². The lowest BCUT2D eigenvalue weighted by atomic mass is 9.95. The molecule has 3 aliphatic heterocycles. The molecule has 2 bridgehead atoms. The summed E-state index contributed by atoms with van der Waals surface area (Å²) in [5, 5.41) is 0. The Hall–Kier alpha value is -2.11. The molecule has 2 amide bonds. The summed E-state index contributed by atoms with van der Waals surface area (Å²) in [5.41, 5.74) is 6.57. The van der Waals surface area contributed by atoms with Crippen LogP contribution in [0.5, 0.6) is 0 Å². The number of piperidine rings is 1. The van der Waals surface area contributed by atoms with E-state index < -0.39 is 0 Å². The highest BCUT2D eigenvalue weighted by molar-refractivity contribution is 5.94. The molecule has 1 aromatic rings. The Bertz CT molecular complexity index is 560. The number of nitrogens with zero attached hydrogens (tertiary/aromatic N) is 3. The molecule has 0 aliphatic carbocycles. The lowest BCUT2D eigenvalue weighted by Crippen LogP contribution is -2.45. The average Bonchev–Trinajstić information content (AvgIpc) is 2.72. The molecule has 2 atom stereocenters. The van der Waals surface area contributed by atoms with E-state index >= 15 is 0 Å². The van der Waals surface area contributed by atoms with Crippen molar-refractivity contribution < 1.29 is 9.59 Å². The number of rotatable bonds is 1. The molecule has 4 heterocycles. The monoisotopic (exact) mass is 274 g/mol. The van der Waals surface area contributed by atoms with E-state index in [2.05, 4.69) is 4.98 Å². The van der Waals surface area contributed by atoms with Crippen molar-refractivity contribution >= 4 is 17.5 Å². The van der Waals surface area contributed by atoms with Gasteiger partial charge in [-0.15, -0.1) is 0 Å². The molecule has 0 aromatic carbocycles. The second-order valence-electron chi connectivity index (χ2n) is 5.56. The van der Waals surface area contributed by atoms with Gasteiger partial charge in [-0.25, -0.2) is 0 Å². The summed E-state index contributed by atoms with van der Waals surface area (Å²) in [6.45, 7) is 1.06. The van der Waals surface area contributed by atoms with Gasteiger partial charge >= 0.3 is 0 Å². The fraction of sp³-hybridized carbons (Fsp3) is 0.500. The molecule has 0 spiro atoms. The Labute approximate surface area is 117 Å². The molecule has 106 valence electrons. The molecular formula is C14H18N4O2. The van der Waals surface area contributed by atoms with Crippen LogP contribution in [0.2, 0.25) is 0 Å². The van der Waals surface area contributed by atoms with Crippen molar-refractivity contribution in [3.8, 4) is 0 Å². The minimum absolute atomic E-state index is 0.0799. The Morgan fingerprint density at radius 3 is 2.95 bits per heavy atom. The van der Waals surface area contributed by atoms with Crippen molar-refractivity contribution in [1.29, 1.82) is 0 Å². The van der Waals surface area contributed by atoms with Crippen LogP contribution in [0, 0.1) is 5.92 Å². The summed E-state index contributed by atoms with van der Waals surface area (Å²) >= 11 is 0. The molecule has 1 aromatic heterocycles. The van der Waals surface area contributed by atoms with Crippen LogP contribution in [0.3, 0.4) is 0 Å². The van der Waals surface area contributed by atoms with Gasteiger partial charge in [-0.3, -0.25) is 14.6 Å². The number of likely N-dealkylation sites (N-methyl/N-ethyl adjacent to an activating group) is 1. The Morgan fingerprint density at radius 2 is 2.20 bits per heavy atom. The van der Waals surface area contributed by atoms with E-state index in [1.807, 2.05) is 7.05 Å². The van der Waals surface area contributed by atoms with E-state index in [0.717, 1.165) is 12.8 Å². The van der Waals surface area contributed by atoms with Crippen LogP contribution in [0.15, 0.2) is 18.3 Å². The number of anilines is 1. The van der Waals surface area contributed by atoms with Crippen LogP contribution < -0.4 is 5.73 Å². The second-order valence-corrected chi connectivity index (χ2v) is 5.56. The largest absolute Gasteiger partial charge is 0.399 e. The second kappa shape index (κ2) is 4.77. The molecule has 3 saturated heterocycles. The Morgan fingerprint density at radius 1 is 1.40 bits per heavy atom. The average molecular weight is 274 g/mol. The van der Waals surface area contributed by atoms with Gasteiger partial charge in [0.05, 0.1) is 5.92 Å². The van der Waals surface area contributed by atoms with Crippen LogP contribution in [0.25, 0.3) is 0 Å². The van der Waals surface area contributed by atoms with Gasteiger partial charge in [-0.1, -0.05) is 0 Å². The van der Waals surface area contributed by atoms with Crippen LogP contribution in [-0.4, -0.2) is 52.8 Å². The number of aromatic nitrogens is 1. The fourth-order valence-corrected chi connectivity index (χ4v) is 3.05. The minimum Gasteiger partial charge on any atom is -0.399 e. The molecule has 6 nitrogen and oxygen atoms in total. The number of carbonyl (C=O) groups is 2. The first-order chi connectivity index (χ1) is 9.56. The van der Waals surface area contributed by atoms with Crippen molar-refractivity contribution in [2.24, 2.45) is 5.92 Å². The molecule has 0 unspecified atom stereocenters. The molecule has 20 heavy (non-hydrogen) atoms. The predicted molar refractivity (Wildman–Crippen MR) is 73.8 cm³/mol. The molecule has 4 rings (SSSR count). The van der Waals surface area contributed by atoms with Crippen LogP contribution in [-0.2, 0) is 4.79 Å². The van der Waals surface area contributed by atoms with E-state index in [-0.39, 0.29) is 23.8 Å². The zero-order valence-corrected chi connectivity index (χ0v) is 11.5. The normalized spacial score (nSPS) is 25.8. The summed E-state index contributed by atoms with van der Waals surface area (Å²) < 4.78 is 0. The van der Waals surface area contributed by atoms with Gasteiger partial charge in [0, 0.05) is 38.1 Å². The lowest BCUT2D eigenvalue weighted by molar-refractivity contribution is -0.138. The summed E-state index contributed by atoms with van der Waals surface area (Å²) in [4.78, 5) is 32.2. The number of nitrogens with two attached hydrogens (primary N) is 1. The summed E-state index contributed by atoms with van der Waals surface area (Å²) in [6, 6.07) is 3.35. The molecular weight excluding hydrogens is 256 g/mol. The van der Waals surface area contributed by atoms with E-state index in [4.69, 9.17) is 5.73 Å². The van der Waals surface area contributed by atoms with E-state index in [1.54, 1.807) is 21.9 Å². The maximum Gasteiger partial charge on any atom is 0.272 e. The number of pyridine rings is 1. The third kappa shape index (κ3) is 2.11. The highest BCUT2D eigenvalue weighted by Crippen LogP contribution is 2.28. The SMILES string of the molecule is CN1C(=O)[C@@H]2CC[C@H]1CN(C(=O)c1cc(N)ccn1)C2. The van der Waals surface area contributed by atoms with Crippen LogP contribution in [0.1, 0.15) is 23.3 Å². The molecule has 0 saturated carbocycles. The van der Waals surface area contributed by atoms with Gasteiger partial charge in [0.2, 0.25) is 5.91 Å². The highest BCUT2D eigenvalue weighted by Gasteiger charge is 2.40. The Kier molecular flexibility index (Phi) is 3.08. The highest BCUT2D eigenvalue weighted by atomic mass is 16.2. The van der Waals surface area contributed by atoms with Crippen LogP contribution >= 0.6 is 0 Å². The number of amides is 2. The lowest BCUT2D eigenvalue weighted by Gasteiger charge is -2.32. The molecule has 3 fully saturated rings. The van der Waals surface area contributed by atoms with Gasteiger partial charge in [0.15, 0.2) is 0 Å². The van der Waals surface area contributed by atoms with E-state index in [0.29, 0.717) is 24.5 Å². The van der Waals surface area contributed by atoms with Crippen molar-refractivity contribution in [3.05, 3.63) is 24.0 Å². The van der Waals surface area contributed by atoms with Gasteiger partial charge in [-0.05, 0) is 25.0 Å². The number of nitrogen functional groups attached to an aromatic ring is 1. The Balaban J connectivity index is 1.85. The van der Waals surface area contributed by atoms with Gasteiger partial charge < -0.3 is 15.5 Å². The first-order valence-electron chi connectivity index (χ1n) is 6.83. The third-order valence-corrected chi connectivity index (χ3v) is 4.26. The maximum absolute atomic E-state index is 12.5. The van der Waals surface area contributed by atoms with Crippen molar-refractivity contribution in [3.63, 3.8) is 0 Å². The summed E-state index contributed by atoms with van der Waals surface area (Å²) in [7, 11) is 1.83. The number of fused-ring (bicyclic) bond motifs is 4. The number of hydrogen-bond acceptors (Lipinski definition) is 4. The van der Waals surface area contributed by atoms with E-state index in [1.165, 1.54) is 6.20 Å². The van der Waals surface area contributed by atoms with Crippen molar-refractivity contribution in [2.45, 2.75) is 18.9 Å².